The Bertz CT molecular complexity index is 1130. The van der Waals surface area contributed by atoms with E-state index in [1.165, 1.54) is 5.56 Å². The SMILES string of the molecule is Cc1ccc(C(=O)Nc2cccc(-c3nc4cccnc4s3)c2C)cc1C. The van der Waals surface area contributed by atoms with Gasteiger partial charge in [-0.1, -0.05) is 29.5 Å². The highest BCUT2D eigenvalue weighted by molar-refractivity contribution is 7.21. The van der Waals surface area contributed by atoms with E-state index in [1.54, 1.807) is 17.5 Å². The van der Waals surface area contributed by atoms with Gasteiger partial charge in [-0.2, -0.15) is 0 Å². The number of carbonyl (C=O) groups is 1. The van der Waals surface area contributed by atoms with Crippen LogP contribution in [0.5, 0.6) is 0 Å². The molecule has 0 unspecified atom stereocenters. The fraction of sp³-hybridized carbons (Fsp3) is 0.136. The molecule has 0 atom stereocenters. The molecule has 5 heteroatoms. The van der Waals surface area contributed by atoms with E-state index in [4.69, 9.17) is 0 Å². The Balaban J connectivity index is 1.67. The number of hydrogen-bond donors (Lipinski definition) is 1. The standard InChI is InChI=1S/C22H19N3OS/c1-13-9-10-16(12-14(13)2)20(26)24-18-7-4-6-17(15(18)3)21-25-19-8-5-11-23-22(19)27-21/h4-12H,1-3H3,(H,24,26). The van der Waals surface area contributed by atoms with E-state index in [-0.39, 0.29) is 5.91 Å². The van der Waals surface area contributed by atoms with E-state index in [0.29, 0.717) is 5.56 Å². The van der Waals surface area contributed by atoms with Crippen molar-refractivity contribution >= 4 is 33.3 Å². The quantitative estimate of drug-likeness (QED) is 0.513. The van der Waals surface area contributed by atoms with Gasteiger partial charge in [0.05, 0.1) is 0 Å². The van der Waals surface area contributed by atoms with E-state index in [2.05, 4.69) is 15.3 Å². The van der Waals surface area contributed by atoms with Gasteiger partial charge in [-0.15, -0.1) is 0 Å². The third-order valence-corrected chi connectivity index (χ3v) is 5.76. The molecule has 2 heterocycles. The summed E-state index contributed by atoms with van der Waals surface area (Å²) in [4.78, 5) is 22.7. The van der Waals surface area contributed by atoms with Crippen molar-refractivity contribution in [3.63, 3.8) is 0 Å². The summed E-state index contributed by atoms with van der Waals surface area (Å²) in [7, 11) is 0. The summed E-state index contributed by atoms with van der Waals surface area (Å²) >= 11 is 1.56. The molecule has 0 fully saturated rings. The molecular formula is C22H19N3OS. The molecule has 134 valence electrons. The van der Waals surface area contributed by atoms with Gasteiger partial charge >= 0.3 is 0 Å². The summed E-state index contributed by atoms with van der Waals surface area (Å²) < 4.78 is 0. The van der Waals surface area contributed by atoms with Gasteiger partial charge in [0.25, 0.3) is 5.91 Å². The number of amides is 1. The van der Waals surface area contributed by atoms with Crippen molar-refractivity contribution in [2.45, 2.75) is 20.8 Å². The molecule has 0 spiro atoms. The number of benzene rings is 2. The second-order valence-electron chi connectivity index (χ2n) is 6.58. The lowest BCUT2D eigenvalue weighted by atomic mass is 10.0. The van der Waals surface area contributed by atoms with Gasteiger partial charge in [-0.3, -0.25) is 4.79 Å². The molecule has 0 aliphatic heterocycles. The summed E-state index contributed by atoms with van der Waals surface area (Å²) in [6.45, 7) is 6.06. The molecule has 27 heavy (non-hydrogen) atoms. The minimum absolute atomic E-state index is 0.107. The Kier molecular flexibility index (Phi) is 4.46. The van der Waals surface area contributed by atoms with E-state index in [9.17, 15) is 4.79 Å². The molecule has 2 aromatic heterocycles. The van der Waals surface area contributed by atoms with Crippen molar-refractivity contribution < 1.29 is 4.79 Å². The average molecular weight is 373 g/mol. The first-order chi connectivity index (χ1) is 13.0. The lowest BCUT2D eigenvalue weighted by Gasteiger charge is -2.12. The first-order valence-electron chi connectivity index (χ1n) is 8.73. The number of fused-ring (bicyclic) bond motifs is 1. The number of nitrogens with one attached hydrogen (secondary N) is 1. The van der Waals surface area contributed by atoms with E-state index >= 15 is 0 Å². The van der Waals surface area contributed by atoms with E-state index in [1.807, 2.05) is 69.3 Å². The van der Waals surface area contributed by atoms with Crippen LogP contribution < -0.4 is 5.32 Å². The number of hydrogen-bond acceptors (Lipinski definition) is 4. The Morgan fingerprint density at radius 1 is 1.00 bits per heavy atom. The Labute approximate surface area is 161 Å². The number of carbonyl (C=O) groups excluding carboxylic acids is 1. The predicted molar refractivity (Wildman–Crippen MR) is 111 cm³/mol. The molecule has 4 rings (SSSR count). The van der Waals surface area contributed by atoms with Crippen LogP contribution in [-0.2, 0) is 0 Å². The van der Waals surface area contributed by atoms with Gasteiger partial charge in [0.1, 0.15) is 15.4 Å². The minimum Gasteiger partial charge on any atom is -0.322 e. The fourth-order valence-electron chi connectivity index (χ4n) is 2.96. The first kappa shape index (κ1) is 17.4. The highest BCUT2D eigenvalue weighted by atomic mass is 32.1. The normalized spacial score (nSPS) is 10.9. The molecule has 0 saturated carbocycles. The topological polar surface area (TPSA) is 54.9 Å². The second-order valence-corrected chi connectivity index (χ2v) is 7.56. The third kappa shape index (κ3) is 3.34. The number of aromatic nitrogens is 2. The van der Waals surface area contributed by atoms with E-state index in [0.717, 1.165) is 37.7 Å². The molecular weight excluding hydrogens is 354 g/mol. The van der Waals surface area contributed by atoms with Crippen molar-refractivity contribution in [1.82, 2.24) is 9.97 Å². The third-order valence-electron chi connectivity index (χ3n) is 4.75. The summed E-state index contributed by atoms with van der Waals surface area (Å²) in [6, 6.07) is 15.5. The van der Waals surface area contributed by atoms with Crippen molar-refractivity contribution in [3.8, 4) is 10.6 Å². The van der Waals surface area contributed by atoms with Crippen LogP contribution in [0.25, 0.3) is 20.9 Å². The van der Waals surface area contributed by atoms with Crippen LogP contribution in [0.3, 0.4) is 0 Å². The smallest absolute Gasteiger partial charge is 0.255 e. The highest BCUT2D eigenvalue weighted by Crippen LogP contribution is 2.33. The van der Waals surface area contributed by atoms with Gasteiger partial charge in [-0.05, 0) is 67.8 Å². The molecule has 0 aliphatic rings. The number of aryl methyl sites for hydroxylation is 2. The zero-order chi connectivity index (χ0) is 19.0. The van der Waals surface area contributed by atoms with Crippen LogP contribution in [0.15, 0.2) is 54.7 Å². The molecule has 1 N–H and O–H groups in total. The number of nitrogens with zero attached hydrogens (tertiary/aromatic N) is 2. The van der Waals surface area contributed by atoms with Gasteiger partial charge < -0.3 is 5.32 Å². The Morgan fingerprint density at radius 3 is 2.63 bits per heavy atom. The summed E-state index contributed by atoms with van der Waals surface area (Å²) in [5.41, 5.74) is 6.63. The molecule has 4 aromatic rings. The zero-order valence-electron chi connectivity index (χ0n) is 15.4. The van der Waals surface area contributed by atoms with Crippen molar-refractivity contribution in [2.24, 2.45) is 0 Å². The lowest BCUT2D eigenvalue weighted by Crippen LogP contribution is -2.13. The Hall–Kier alpha value is -3.05. The molecule has 0 radical (unpaired) electrons. The van der Waals surface area contributed by atoms with Gasteiger partial charge in [-0.25, -0.2) is 9.97 Å². The van der Waals surface area contributed by atoms with Crippen LogP contribution >= 0.6 is 11.3 Å². The van der Waals surface area contributed by atoms with Crippen molar-refractivity contribution in [2.75, 3.05) is 5.32 Å². The maximum atomic E-state index is 12.7. The van der Waals surface area contributed by atoms with Crippen LogP contribution in [0.4, 0.5) is 5.69 Å². The fourth-order valence-corrected chi connectivity index (χ4v) is 3.95. The molecule has 4 nitrogen and oxygen atoms in total. The molecule has 2 aromatic carbocycles. The van der Waals surface area contributed by atoms with E-state index < -0.39 is 0 Å². The number of pyridine rings is 1. The van der Waals surface area contributed by atoms with Gasteiger partial charge in [0.15, 0.2) is 0 Å². The number of rotatable bonds is 3. The number of thiazole rings is 1. The van der Waals surface area contributed by atoms with Crippen molar-refractivity contribution in [3.05, 3.63) is 77.0 Å². The van der Waals surface area contributed by atoms with Crippen LogP contribution in [0.2, 0.25) is 0 Å². The van der Waals surface area contributed by atoms with Crippen LogP contribution in [0.1, 0.15) is 27.0 Å². The van der Waals surface area contributed by atoms with Crippen molar-refractivity contribution in [1.29, 1.82) is 0 Å². The highest BCUT2D eigenvalue weighted by Gasteiger charge is 2.14. The maximum Gasteiger partial charge on any atom is 0.255 e. The lowest BCUT2D eigenvalue weighted by molar-refractivity contribution is 0.102. The average Bonchev–Trinajstić information content (AvgIpc) is 3.09. The number of anilines is 1. The largest absolute Gasteiger partial charge is 0.322 e. The molecule has 0 aliphatic carbocycles. The molecule has 0 saturated heterocycles. The summed E-state index contributed by atoms with van der Waals surface area (Å²) in [5, 5.41) is 3.95. The predicted octanol–water partition coefficient (Wildman–Crippen LogP) is 5.54. The first-order valence-corrected chi connectivity index (χ1v) is 9.55. The monoisotopic (exact) mass is 373 g/mol. The molecule has 1 amide bonds. The van der Waals surface area contributed by atoms with Crippen LogP contribution in [-0.4, -0.2) is 15.9 Å². The second kappa shape index (κ2) is 6.93. The van der Waals surface area contributed by atoms with Gasteiger partial charge in [0.2, 0.25) is 0 Å². The van der Waals surface area contributed by atoms with Gasteiger partial charge in [0, 0.05) is 23.0 Å². The Morgan fingerprint density at radius 2 is 1.85 bits per heavy atom. The minimum atomic E-state index is -0.107. The maximum absolute atomic E-state index is 12.7. The molecule has 0 bridgehead atoms. The summed E-state index contributed by atoms with van der Waals surface area (Å²) in [6.07, 6.45) is 1.78. The van der Waals surface area contributed by atoms with Crippen LogP contribution in [0, 0.1) is 20.8 Å². The summed E-state index contributed by atoms with van der Waals surface area (Å²) in [5.74, 6) is -0.107. The zero-order valence-corrected chi connectivity index (χ0v) is 16.2.